The predicted octanol–water partition coefficient (Wildman–Crippen LogP) is 7.07. The first-order valence-electron chi connectivity index (χ1n) is 15.7. The Morgan fingerprint density at radius 2 is 1.77 bits per heavy atom. The van der Waals surface area contributed by atoms with E-state index in [-0.39, 0.29) is 18.9 Å². The van der Waals surface area contributed by atoms with E-state index < -0.39 is 5.82 Å². The number of aromatic nitrogens is 1. The molecule has 0 bridgehead atoms. The van der Waals surface area contributed by atoms with Crippen LogP contribution in [0.1, 0.15) is 65.1 Å². The third kappa shape index (κ3) is 11.5. The Bertz CT molecular complexity index is 1260. The highest BCUT2D eigenvalue weighted by molar-refractivity contribution is 5.78. The third-order valence-electron chi connectivity index (χ3n) is 6.86. The zero-order valence-corrected chi connectivity index (χ0v) is 26.5. The largest absolute Gasteiger partial charge is 0.494 e. The average molecular weight is 594 g/mol. The van der Waals surface area contributed by atoms with Gasteiger partial charge in [-0.05, 0) is 74.7 Å². The van der Waals surface area contributed by atoms with Crippen molar-refractivity contribution in [2.24, 2.45) is 5.92 Å². The van der Waals surface area contributed by atoms with E-state index in [4.69, 9.17) is 14.2 Å². The molecule has 3 aromatic rings. The predicted molar refractivity (Wildman–Crippen MR) is 170 cm³/mol. The number of amides is 1. The van der Waals surface area contributed by atoms with Crippen molar-refractivity contribution in [2.75, 3.05) is 39.5 Å². The number of ether oxygens (including phenoxy) is 3. The number of carbonyl (C=O) groups excluding carboxylic acids is 1. The summed E-state index contributed by atoms with van der Waals surface area (Å²) in [4.78, 5) is 19.6. The minimum absolute atomic E-state index is 0.120. The smallest absolute Gasteiger partial charge is 0.226 e. The van der Waals surface area contributed by atoms with Crippen LogP contribution < -0.4 is 19.5 Å². The fraction of sp³-hybridized carbons (Fsp3) is 0.486. The molecule has 1 aliphatic rings. The average Bonchev–Trinajstić information content (AvgIpc) is 3.01. The molecule has 1 aromatic heterocycles. The Balaban J connectivity index is 0.00000248. The van der Waals surface area contributed by atoms with Gasteiger partial charge in [-0.3, -0.25) is 14.7 Å². The van der Waals surface area contributed by atoms with Gasteiger partial charge in [0.2, 0.25) is 5.91 Å². The Morgan fingerprint density at radius 1 is 0.977 bits per heavy atom. The van der Waals surface area contributed by atoms with E-state index in [9.17, 15) is 9.18 Å². The molecule has 0 spiro atoms. The lowest BCUT2D eigenvalue weighted by Crippen LogP contribution is -2.33. The van der Waals surface area contributed by atoms with E-state index in [0.717, 1.165) is 42.3 Å². The van der Waals surface area contributed by atoms with E-state index in [1.807, 2.05) is 65.0 Å². The van der Waals surface area contributed by atoms with E-state index >= 15 is 0 Å². The van der Waals surface area contributed by atoms with Crippen molar-refractivity contribution in [2.45, 2.75) is 66.8 Å². The van der Waals surface area contributed by atoms with E-state index in [1.165, 1.54) is 31.4 Å². The van der Waals surface area contributed by atoms with Gasteiger partial charge >= 0.3 is 0 Å². The number of nitrogens with zero attached hydrogens (tertiary/aromatic N) is 2. The maximum atomic E-state index is 14.0. The third-order valence-corrected chi connectivity index (χ3v) is 6.86. The molecule has 0 radical (unpaired) electrons. The summed E-state index contributed by atoms with van der Waals surface area (Å²) in [6.07, 6.45) is 5.69. The number of likely N-dealkylation sites (tertiary alicyclic amines) is 1. The van der Waals surface area contributed by atoms with Gasteiger partial charge in [-0.25, -0.2) is 4.39 Å². The summed E-state index contributed by atoms with van der Waals surface area (Å²) in [5, 5.41) is 2.85. The molecular weight excluding hydrogens is 545 g/mol. The molecule has 234 valence electrons. The van der Waals surface area contributed by atoms with Gasteiger partial charge in [-0.2, -0.15) is 0 Å². The van der Waals surface area contributed by atoms with E-state index in [1.54, 1.807) is 12.3 Å². The lowest BCUT2D eigenvalue weighted by molar-refractivity contribution is -0.120. The van der Waals surface area contributed by atoms with Crippen LogP contribution in [-0.4, -0.2) is 55.2 Å². The first-order valence-corrected chi connectivity index (χ1v) is 15.7. The maximum absolute atomic E-state index is 14.0. The number of hydrogen-bond donors (Lipinski definition) is 1. The summed E-state index contributed by atoms with van der Waals surface area (Å²) < 4.78 is 31.6. The van der Waals surface area contributed by atoms with Crippen LogP contribution in [0.25, 0.3) is 11.1 Å². The number of piperidine rings is 1. The highest BCUT2D eigenvalue weighted by atomic mass is 19.1. The molecule has 0 saturated carbocycles. The molecule has 8 heteroatoms. The summed E-state index contributed by atoms with van der Waals surface area (Å²) in [7, 11) is 0. The topological polar surface area (TPSA) is 72.9 Å². The first kappa shape index (κ1) is 33.8. The zero-order chi connectivity index (χ0) is 31.0. The molecule has 1 fully saturated rings. The molecule has 2 aromatic carbocycles. The molecule has 43 heavy (non-hydrogen) atoms. The second-order valence-electron chi connectivity index (χ2n) is 10.8. The van der Waals surface area contributed by atoms with Crippen LogP contribution in [0, 0.1) is 11.7 Å². The molecule has 0 aliphatic carbocycles. The highest BCUT2D eigenvalue weighted by Gasteiger charge is 2.14. The van der Waals surface area contributed by atoms with Gasteiger partial charge < -0.3 is 19.5 Å². The molecule has 7 nitrogen and oxygen atoms in total. The second kappa shape index (κ2) is 18.1. The van der Waals surface area contributed by atoms with Crippen molar-refractivity contribution >= 4 is 5.91 Å². The van der Waals surface area contributed by atoms with Crippen LogP contribution in [-0.2, 0) is 17.8 Å². The normalized spacial score (nSPS) is 13.2. The minimum atomic E-state index is -0.392. The second-order valence-corrected chi connectivity index (χ2v) is 10.8. The Labute approximate surface area is 256 Å². The fourth-order valence-corrected chi connectivity index (χ4v) is 4.77. The van der Waals surface area contributed by atoms with Gasteiger partial charge in [0.25, 0.3) is 0 Å². The summed E-state index contributed by atoms with van der Waals surface area (Å²) in [6, 6.07) is 14.2. The zero-order valence-electron chi connectivity index (χ0n) is 26.5. The molecule has 1 amide bonds. The molecule has 1 N–H and O–H groups in total. The number of nitrogens with one attached hydrogen (secondary N) is 1. The minimum Gasteiger partial charge on any atom is -0.494 e. The van der Waals surface area contributed by atoms with Crippen LogP contribution in [0.5, 0.6) is 17.2 Å². The molecular formula is C35H48FN3O4. The molecule has 0 atom stereocenters. The highest BCUT2D eigenvalue weighted by Crippen LogP contribution is 2.33. The molecule has 1 aliphatic heterocycles. The first-order chi connectivity index (χ1) is 20.9. The van der Waals surface area contributed by atoms with Gasteiger partial charge in [-0.15, -0.1) is 0 Å². The van der Waals surface area contributed by atoms with Gasteiger partial charge in [0, 0.05) is 48.2 Å². The van der Waals surface area contributed by atoms with Crippen molar-refractivity contribution in [1.29, 1.82) is 0 Å². The fourth-order valence-electron chi connectivity index (χ4n) is 4.77. The SMILES string of the molecule is CC.CCOc1ccc(-c2ccc(CC(=O)NCc3cc(F)cc(OCC(C)C)c3)nc2)c(OCCN2CCCCC2)c1. The number of pyridine rings is 1. The molecule has 1 saturated heterocycles. The van der Waals surface area contributed by atoms with Crippen molar-refractivity contribution in [1.82, 2.24) is 15.2 Å². The molecule has 4 rings (SSSR count). The summed E-state index contributed by atoms with van der Waals surface area (Å²) in [5.41, 5.74) is 3.12. The number of hydrogen-bond acceptors (Lipinski definition) is 6. The van der Waals surface area contributed by atoms with Crippen molar-refractivity contribution in [3.8, 4) is 28.4 Å². The summed E-state index contributed by atoms with van der Waals surface area (Å²) in [6.45, 7) is 15.1. The maximum Gasteiger partial charge on any atom is 0.226 e. The van der Waals surface area contributed by atoms with Crippen LogP contribution in [0.3, 0.4) is 0 Å². The van der Waals surface area contributed by atoms with Gasteiger partial charge in [0.05, 0.1) is 19.6 Å². The Morgan fingerprint density at radius 3 is 2.47 bits per heavy atom. The quantitative estimate of drug-likeness (QED) is 0.216. The van der Waals surface area contributed by atoms with E-state index in [0.29, 0.717) is 42.7 Å². The Kier molecular flexibility index (Phi) is 14.3. The number of carbonyl (C=O) groups is 1. The van der Waals surface area contributed by atoms with Crippen molar-refractivity contribution in [3.05, 3.63) is 71.8 Å². The van der Waals surface area contributed by atoms with Gasteiger partial charge in [0.15, 0.2) is 0 Å². The standard InChI is InChI=1S/C33H42FN3O4.C2H6/c1-4-39-29-10-11-31(32(20-29)40-15-14-37-12-6-5-7-13-37)26-8-9-28(35-22-26)19-33(38)36-21-25-16-27(34)18-30(17-25)41-23-24(2)3;1-2/h8-11,16-18,20,22,24H,4-7,12-15,19,21,23H2,1-3H3,(H,36,38);1-2H3. The van der Waals surface area contributed by atoms with Crippen LogP contribution in [0.2, 0.25) is 0 Å². The summed E-state index contributed by atoms with van der Waals surface area (Å²) >= 11 is 0. The number of halogens is 1. The van der Waals surface area contributed by atoms with Crippen molar-refractivity contribution < 1.29 is 23.4 Å². The summed E-state index contributed by atoms with van der Waals surface area (Å²) in [5.74, 6) is 1.73. The molecule has 2 heterocycles. The van der Waals surface area contributed by atoms with Gasteiger partial charge in [-0.1, -0.05) is 40.2 Å². The number of rotatable bonds is 14. The van der Waals surface area contributed by atoms with Gasteiger partial charge in [0.1, 0.15) is 29.7 Å². The lowest BCUT2D eigenvalue weighted by Gasteiger charge is -2.26. The lowest BCUT2D eigenvalue weighted by atomic mass is 10.1. The number of benzene rings is 2. The van der Waals surface area contributed by atoms with Crippen LogP contribution in [0.15, 0.2) is 54.7 Å². The van der Waals surface area contributed by atoms with Crippen LogP contribution >= 0.6 is 0 Å². The van der Waals surface area contributed by atoms with E-state index in [2.05, 4.69) is 15.2 Å². The van der Waals surface area contributed by atoms with Crippen LogP contribution in [0.4, 0.5) is 4.39 Å². The Hall–Kier alpha value is -3.65. The van der Waals surface area contributed by atoms with Crippen molar-refractivity contribution in [3.63, 3.8) is 0 Å². The molecule has 0 unspecified atom stereocenters. The monoisotopic (exact) mass is 593 g/mol.